The Kier molecular flexibility index (Phi) is 2.79. The van der Waals surface area contributed by atoms with E-state index >= 15 is 0 Å². The zero-order chi connectivity index (χ0) is 11.7. The molecule has 0 aliphatic rings. The Bertz CT molecular complexity index is 492. The Labute approximate surface area is 95.9 Å². The number of rotatable bonds is 2. The van der Waals surface area contributed by atoms with Crippen molar-refractivity contribution in [3.63, 3.8) is 0 Å². The van der Waals surface area contributed by atoms with E-state index in [1.54, 1.807) is 0 Å². The SMILES string of the molecule is Cc1cccc(C)c1-n1ncc(CN)c1C. The van der Waals surface area contributed by atoms with Gasteiger partial charge in [-0.2, -0.15) is 5.10 Å². The molecule has 0 amide bonds. The van der Waals surface area contributed by atoms with E-state index in [1.165, 1.54) is 16.8 Å². The minimum absolute atomic E-state index is 0.538. The molecule has 0 unspecified atom stereocenters. The highest BCUT2D eigenvalue weighted by molar-refractivity contribution is 5.47. The molecule has 0 saturated carbocycles. The highest BCUT2D eigenvalue weighted by Gasteiger charge is 2.10. The topological polar surface area (TPSA) is 43.8 Å². The van der Waals surface area contributed by atoms with Crippen molar-refractivity contribution < 1.29 is 0 Å². The largest absolute Gasteiger partial charge is 0.326 e. The van der Waals surface area contributed by atoms with Gasteiger partial charge < -0.3 is 5.73 Å². The third kappa shape index (κ3) is 1.63. The van der Waals surface area contributed by atoms with Crippen LogP contribution in [0.15, 0.2) is 24.4 Å². The summed E-state index contributed by atoms with van der Waals surface area (Å²) in [6.45, 7) is 6.80. The lowest BCUT2D eigenvalue weighted by molar-refractivity contribution is 0.830. The Hall–Kier alpha value is -1.61. The van der Waals surface area contributed by atoms with Crippen molar-refractivity contribution in [2.75, 3.05) is 0 Å². The van der Waals surface area contributed by atoms with Crippen molar-refractivity contribution in [1.82, 2.24) is 9.78 Å². The van der Waals surface area contributed by atoms with Crippen molar-refractivity contribution in [2.45, 2.75) is 27.3 Å². The first-order valence-electron chi connectivity index (χ1n) is 5.45. The predicted octanol–water partition coefficient (Wildman–Crippen LogP) is 2.26. The Morgan fingerprint density at radius 2 is 1.81 bits per heavy atom. The van der Waals surface area contributed by atoms with Crippen LogP contribution in [0, 0.1) is 20.8 Å². The summed E-state index contributed by atoms with van der Waals surface area (Å²) in [7, 11) is 0. The number of aromatic nitrogens is 2. The number of hydrogen-bond donors (Lipinski definition) is 1. The van der Waals surface area contributed by atoms with Gasteiger partial charge in [-0.15, -0.1) is 0 Å². The summed E-state index contributed by atoms with van der Waals surface area (Å²) in [6, 6.07) is 6.27. The fraction of sp³-hybridized carbons (Fsp3) is 0.308. The van der Waals surface area contributed by atoms with E-state index in [-0.39, 0.29) is 0 Å². The lowest BCUT2D eigenvalue weighted by atomic mass is 10.1. The maximum Gasteiger partial charge on any atom is 0.0707 e. The van der Waals surface area contributed by atoms with Gasteiger partial charge in [0.05, 0.1) is 11.9 Å². The molecule has 2 N–H and O–H groups in total. The number of aryl methyl sites for hydroxylation is 2. The number of nitrogens with two attached hydrogens (primary N) is 1. The Balaban J connectivity index is 2.63. The second-order valence-electron chi connectivity index (χ2n) is 4.11. The Morgan fingerprint density at radius 1 is 1.19 bits per heavy atom. The van der Waals surface area contributed by atoms with Crippen LogP contribution in [0.25, 0.3) is 5.69 Å². The fourth-order valence-corrected chi connectivity index (χ4v) is 2.01. The van der Waals surface area contributed by atoms with E-state index in [0.29, 0.717) is 6.54 Å². The monoisotopic (exact) mass is 215 g/mol. The van der Waals surface area contributed by atoms with Crippen LogP contribution in [0.2, 0.25) is 0 Å². The van der Waals surface area contributed by atoms with Crippen molar-refractivity contribution in [2.24, 2.45) is 5.73 Å². The number of para-hydroxylation sites is 1. The summed E-state index contributed by atoms with van der Waals surface area (Å²) in [4.78, 5) is 0. The lowest BCUT2D eigenvalue weighted by Crippen LogP contribution is -2.05. The molecule has 0 bridgehead atoms. The molecule has 1 aromatic heterocycles. The minimum Gasteiger partial charge on any atom is -0.326 e. The molecule has 0 aliphatic heterocycles. The summed E-state index contributed by atoms with van der Waals surface area (Å²) in [5, 5.41) is 4.42. The Morgan fingerprint density at radius 3 is 2.31 bits per heavy atom. The van der Waals surface area contributed by atoms with Crippen LogP contribution in [0.4, 0.5) is 0 Å². The number of nitrogens with zero attached hydrogens (tertiary/aromatic N) is 2. The summed E-state index contributed by atoms with van der Waals surface area (Å²) in [5.41, 5.74) is 11.5. The number of hydrogen-bond acceptors (Lipinski definition) is 2. The van der Waals surface area contributed by atoms with E-state index < -0.39 is 0 Å². The third-order valence-corrected chi connectivity index (χ3v) is 2.98. The van der Waals surface area contributed by atoms with Crippen LogP contribution in [0.1, 0.15) is 22.4 Å². The molecule has 1 aromatic carbocycles. The molecule has 0 aliphatic carbocycles. The second kappa shape index (κ2) is 4.10. The van der Waals surface area contributed by atoms with Gasteiger partial charge in [-0.1, -0.05) is 18.2 Å². The summed E-state index contributed by atoms with van der Waals surface area (Å²) in [6.07, 6.45) is 1.85. The molecule has 3 heteroatoms. The molecular weight excluding hydrogens is 198 g/mol. The molecule has 0 spiro atoms. The summed E-state index contributed by atoms with van der Waals surface area (Å²) in [5.74, 6) is 0. The summed E-state index contributed by atoms with van der Waals surface area (Å²) < 4.78 is 1.98. The van der Waals surface area contributed by atoms with Gasteiger partial charge in [0.25, 0.3) is 0 Å². The smallest absolute Gasteiger partial charge is 0.0707 e. The molecular formula is C13H17N3. The first-order chi connectivity index (χ1) is 7.65. The van der Waals surface area contributed by atoms with Gasteiger partial charge >= 0.3 is 0 Å². The van der Waals surface area contributed by atoms with E-state index in [2.05, 4.69) is 44.1 Å². The maximum atomic E-state index is 5.66. The zero-order valence-corrected chi connectivity index (χ0v) is 9.99. The third-order valence-electron chi connectivity index (χ3n) is 2.98. The first kappa shape index (κ1) is 10.9. The average molecular weight is 215 g/mol. The van der Waals surface area contributed by atoms with Crippen LogP contribution in [0.5, 0.6) is 0 Å². The van der Waals surface area contributed by atoms with E-state index in [9.17, 15) is 0 Å². The van der Waals surface area contributed by atoms with Gasteiger partial charge in [-0.3, -0.25) is 0 Å². The van der Waals surface area contributed by atoms with Crippen molar-refractivity contribution in [3.8, 4) is 5.69 Å². The van der Waals surface area contributed by atoms with Crippen molar-refractivity contribution >= 4 is 0 Å². The van der Waals surface area contributed by atoms with Gasteiger partial charge in [-0.05, 0) is 31.9 Å². The van der Waals surface area contributed by atoms with Crippen LogP contribution in [0.3, 0.4) is 0 Å². The first-order valence-corrected chi connectivity index (χ1v) is 5.45. The lowest BCUT2D eigenvalue weighted by Gasteiger charge is -2.11. The van der Waals surface area contributed by atoms with Gasteiger partial charge in [-0.25, -0.2) is 4.68 Å². The van der Waals surface area contributed by atoms with Crippen LogP contribution in [-0.2, 0) is 6.54 Å². The molecule has 84 valence electrons. The van der Waals surface area contributed by atoms with Gasteiger partial charge in [0, 0.05) is 17.8 Å². The average Bonchev–Trinajstić information content (AvgIpc) is 2.60. The maximum absolute atomic E-state index is 5.66. The van der Waals surface area contributed by atoms with E-state index in [0.717, 1.165) is 11.3 Å². The standard InChI is InChI=1S/C13H17N3/c1-9-5-4-6-10(2)13(9)16-11(3)12(7-14)8-15-16/h4-6,8H,7,14H2,1-3H3. The van der Waals surface area contributed by atoms with E-state index in [1.807, 2.05) is 10.9 Å². The van der Waals surface area contributed by atoms with Gasteiger partial charge in [0.2, 0.25) is 0 Å². The van der Waals surface area contributed by atoms with Gasteiger partial charge in [0.1, 0.15) is 0 Å². The molecule has 0 fully saturated rings. The highest BCUT2D eigenvalue weighted by atomic mass is 15.3. The molecule has 0 atom stereocenters. The summed E-state index contributed by atoms with van der Waals surface area (Å²) >= 11 is 0. The fourth-order valence-electron chi connectivity index (χ4n) is 2.01. The minimum atomic E-state index is 0.538. The number of benzene rings is 1. The molecule has 2 rings (SSSR count). The second-order valence-corrected chi connectivity index (χ2v) is 4.11. The molecule has 1 heterocycles. The molecule has 0 radical (unpaired) electrons. The molecule has 16 heavy (non-hydrogen) atoms. The quantitative estimate of drug-likeness (QED) is 0.835. The normalized spacial score (nSPS) is 10.8. The van der Waals surface area contributed by atoms with Crippen molar-refractivity contribution in [3.05, 3.63) is 46.8 Å². The molecule has 2 aromatic rings. The van der Waals surface area contributed by atoms with E-state index in [4.69, 9.17) is 5.73 Å². The van der Waals surface area contributed by atoms with Crippen LogP contribution >= 0.6 is 0 Å². The molecule has 3 nitrogen and oxygen atoms in total. The molecule has 0 saturated heterocycles. The highest BCUT2D eigenvalue weighted by Crippen LogP contribution is 2.20. The van der Waals surface area contributed by atoms with Crippen LogP contribution < -0.4 is 5.73 Å². The van der Waals surface area contributed by atoms with Crippen molar-refractivity contribution in [1.29, 1.82) is 0 Å². The van der Waals surface area contributed by atoms with Crippen LogP contribution in [-0.4, -0.2) is 9.78 Å². The zero-order valence-electron chi connectivity index (χ0n) is 9.99. The predicted molar refractivity (Wildman–Crippen MR) is 65.7 cm³/mol. The van der Waals surface area contributed by atoms with Gasteiger partial charge in [0.15, 0.2) is 0 Å².